The molecule has 5 heteroatoms. The first-order valence-corrected chi connectivity index (χ1v) is 8.15. The van der Waals surface area contributed by atoms with Crippen LogP contribution in [0.5, 0.6) is 0 Å². The number of carbonyl (C=O) groups is 2. The molecule has 2 atom stereocenters. The van der Waals surface area contributed by atoms with Gasteiger partial charge in [0.05, 0.1) is 6.54 Å². The summed E-state index contributed by atoms with van der Waals surface area (Å²) in [6.07, 6.45) is 0.800. The summed E-state index contributed by atoms with van der Waals surface area (Å²) < 4.78 is 0. The lowest BCUT2D eigenvalue weighted by Crippen LogP contribution is -2.64. The summed E-state index contributed by atoms with van der Waals surface area (Å²) in [5.41, 5.74) is -0.273. The minimum atomic E-state index is -0.439. The predicted octanol–water partition coefficient (Wildman–Crippen LogP) is 2.36. The lowest BCUT2D eigenvalue weighted by Gasteiger charge is -2.41. The van der Waals surface area contributed by atoms with Gasteiger partial charge in [-0.1, -0.05) is 20.8 Å². The number of piperazine rings is 1. The third-order valence-corrected chi connectivity index (χ3v) is 4.86. The van der Waals surface area contributed by atoms with Gasteiger partial charge in [-0.25, -0.2) is 0 Å². The van der Waals surface area contributed by atoms with Gasteiger partial charge in [-0.05, 0) is 31.4 Å². The monoisotopic (exact) mass is 308 g/mol. The molecule has 1 aliphatic rings. The summed E-state index contributed by atoms with van der Waals surface area (Å²) in [4.78, 5) is 28.9. The Kier molecular flexibility index (Phi) is 4.42. The maximum Gasteiger partial charge on any atom is 0.246 e. The Morgan fingerprint density at radius 3 is 2.57 bits per heavy atom. The van der Waals surface area contributed by atoms with E-state index >= 15 is 0 Å². The SMILES string of the molecule is Cc1ccc(CC(C)N2CC(=O)NC(C(C)(C)C)C2=O)s1. The average molecular weight is 308 g/mol. The number of aryl methyl sites for hydroxylation is 1. The van der Waals surface area contributed by atoms with Crippen LogP contribution in [-0.4, -0.2) is 35.3 Å². The number of thiophene rings is 1. The van der Waals surface area contributed by atoms with Crippen molar-refractivity contribution < 1.29 is 9.59 Å². The van der Waals surface area contributed by atoms with E-state index in [0.29, 0.717) is 0 Å². The minimum Gasteiger partial charge on any atom is -0.342 e. The first-order chi connectivity index (χ1) is 9.68. The van der Waals surface area contributed by atoms with Crippen LogP contribution in [0.2, 0.25) is 0 Å². The smallest absolute Gasteiger partial charge is 0.246 e. The van der Waals surface area contributed by atoms with Crippen molar-refractivity contribution in [3.63, 3.8) is 0 Å². The Balaban J connectivity index is 2.13. The highest BCUT2D eigenvalue weighted by atomic mass is 32.1. The summed E-state index contributed by atoms with van der Waals surface area (Å²) in [5, 5.41) is 2.83. The molecule has 0 aromatic carbocycles. The molecule has 1 fully saturated rings. The van der Waals surface area contributed by atoms with Gasteiger partial charge >= 0.3 is 0 Å². The molecule has 2 amide bonds. The van der Waals surface area contributed by atoms with Crippen LogP contribution < -0.4 is 5.32 Å². The standard InChI is InChI=1S/C16H24N2O2S/c1-10(8-12-7-6-11(2)21-12)18-9-13(19)17-14(15(18)20)16(3,4)5/h6-7,10,14H,8-9H2,1-5H3,(H,17,19). The second-order valence-corrected chi connectivity index (χ2v) is 8.27. The summed E-state index contributed by atoms with van der Waals surface area (Å²) in [5.74, 6) is -0.0355. The van der Waals surface area contributed by atoms with Crippen LogP contribution in [0.15, 0.2) is 12.1 Å². The third-order valence-electron chi connectivity index (χ3n) is 3.84. The van der Waals surface area contributed by atoms with Crippen molar-refractivity contribution in [3.8, 4) is 0 Å². The van der Waals surface area contributed by atoms with Gasteiger partial charge in [0.1, 0.15) is 6.04 Å². The highest BCUT2D eigenvalue weighted by Gasteiger charge is 2.41. The molecule has 0 bridgehead atoms. The number of nitrogens with one attached hydrogen (secondary N) is 1. The van der Waals surface area contributed by atoms with Crippen molar-refractivity contribution in [2.45, 2.75) is 53.1 Å². The molecular formula is C16H24N2O2S. The van der Waals surface area contributed by atoms with Crippen molar-refractivity contribution in [2.75, 3.05) is 6.54 Å². The molecule has 2 heterocycles. The van der Waals surface area contributed by atoms with Crippen molar-refractivity contribution in [1.82, 2.24) is 10.2 Å². The second-order valence-electron chi connectivity index (χ2n) is 6.90. The van der Waals surface area contributed by atoms with E-state index in [2.05, 4.69) is 24.4 Å². The number of carbonyl (C=O) groups excluding carboxylic acids is 2. The van der Waals surface area contributed by atoms with E-state index in [4.69, 9.17) is 0 Å². The Morgan fingerprint density at radius 1 is 1.38 bits per heavy atom. The summed E-state index contributed by atoms with van der Waals surface area (Å²) in [6.45, 7) is 10.2. The molecule has 0 aliphatic carbocycles. The topological polar surface area (TPSA) is 49.4 Å². The molecule has 0 saturated carbocycles. The molecule has 2 unspecified atom stereocenters. The lowest BCUT2D eigenvalue weighted by atomic mass is 9.84. The second kappa shape index (κ2) is 5.79. The maximum absolute atomic E-state index is 12.7. The van der Waals surface area contributed by atoms with Crippen LogP contribution in [-0.2, 0) is 16.0 Å². The Labute approximate surface area is 130 Å². The Bertz CT molecular complexity index is 545. The van der Waals surface area contributed by atoms with Gasteiger partial charge in [-0.3, -0.25) is 9.59 Å². The molecule has 4 nitrogen and oxygen atoms in total. The number of hydrogen-bond acceptors (Lipinski definition) is 3. The van der Waals surface area contributed by atoms with Crippen molar-refractivity contribution in [3.05, 3.63) is 21.9 Å². The molecule has 1 aromatic heterocycles. The third kappa shape index (κ3) is 3.64. The van der Waals surface area contributed by atoms with Gasteiger partial charge in [0.15, 0.2) is 0 Å². The molecule has 1 saturated heterocycles. The van der Waals surface area contributed by atoms with Crippen LogP contribution in [0.25, 0.3) is 0 Å². The largest absolute Gasteiger partial charge is 0.342 e. The van der Waals surface area contributed by atoms with E-state index < -0.39 is 6.04 Å². The fraction of sp³-hybridized carbons (Fsp3) is 0.625. The zero-order chi connectivity index (χ0) is 15.8. The maximum atomic E-state index is 12.7. The molecule has 0 radical (unpaired) electrons. The minimum absolute atomic E-state index is 0.0304. The van der Waals surface area contributed by atoms with Gasteiger partial charge in [-0.15, -0.1) is 11.3 Å². The number of amides is 2. The van der Waals surface area contributed by atoms with Crippen molar-refractivity contribution in [2.24, 2.45) is 5.41 Å². The van der Waals surface area contributed by atoms with Gasteiger partial charge in [0.25, 0.3) is 0 Å². The zero-order valence-electron chi connectivity index (χ0n) is 13.4. The molecular weight excluding hydrogens is 284 g/mol. The van der Waals surface area contributed by atoms with Crippen molar-refractivity contribution >= 4 is 23.2 Å². The highest BCUT2D eigenvalue weighted by molar-refractivity contribution is 7.11. The number of rotatable bonds is 3. The normalized spacial score (nSPS) is 21.4. The van der Waals surface area contributed by atoms with Crippen LogP contribution in [0.1, 0.15) is 37.4 Å². The first kappa shape index (κ1) is 16.0. The van der Waals surface area contributed by atoms with E-state index in [0.717, 1.165) is 6.42 Å². The number of hydrogen-bond donors (Lipinski definition) is 1. The Hall–Kier alpha value is -1.36. The predicted molar refractivity (Wildman–Crippen MR) is 85.3 cm³/mol. The molecule has 1 N–H and O–H groups in total. The summed E-state index contributed by atoms with van der Waals surface area (Å²) in [7, 11) is 0. The van der Waals surface area contributed by atoms with Gasteiger partial charge < -0.3 is 10.2 Å². The fourth-order valence-corrected chi connectivity index (χ4v) is 3.63. The molecule has 2 rings (SSSR count). The van der Waals surface area contributed by atoms with Gasteiger partial charge in [0, 0.05) is 22.2 Å². The fourth-order valence-electron chi connectivity index (χ4n) is 2.62. The van der Waals surface area contributed by atoms with Gasteiger partial charge in [0.2, 0.25) is 11.8 Å². The molecule has 116 valence electrons. The summed E-state index contributed by atoms with van der Waals surface area (Å²) >= 11 is 1.75. The number of nitrogens with zero attached hydrogens (tertiary/aromatic N) is 1. The zero-order valence-corrected chi connectivity index (χ0v) is 14.2. The van der Waals surface area contributed by atoms with Crippen LogP contribution >= 0.6 is 11.3 Å². The van der Waals surface area contributed by atoms with Crippen LogP contribution in [0.3, 0.4) is 0 Å². The molecule has 0 spiro atoms. The highest BCUT2D eigenvalue weighted by Crippen LogP contribution is 2.25. The lowest BCUT2D eigenvalue weighted by molar-refractivity contribution is -0.149. The van der Waals surface area contributed by atoms with E-state index in [9.17, 15) is 9.59 Å². The summed E-state index contributed by atoms with van der Waals surface area (Å²) in [6, 6.07) is 3.79. The first-order valence-electron chi connectivity index (χ1n) is 7.33. The van der Waals surface area contributed by atoms with E-state index in [1.165, 1.54) is 9.75 Å². The molecule has 1 aromatic rings. The van der Waals surface area contributed by atoms with E-state index in [-0.39, 0.29) is 29.8 Å². The molecule has 1 aliphatic heterocycles. The van der Waals surface area contributed by atoms with E-state index in [1.54, 1.807) is 16.2 Å². The van der Waals surface area contributed by atoms with E-state index in [1.807, 2.05) is 27.7 Å². The van der Waals surface area contributed by atoms with Gasteiger partial charge in [-0.2, -0.15) is 0 Å². The Morgan fingerprint density at radius 2 is 2.05 bits per heavy atom. The molecule has 21 heavy (non-hydrogen) atoms. The average Bonchev–Trinajstić information content (AvgIpc) is 2.75. The van der Waals surface area contributed by atoms with Crippen LogP contribution in [0, 0.1) is 12.3 Å². The van der Waals surface area contributed by atoms with Crippen LogP contribution in [0.4, 0.5) is 0 Å². The van der Waals surface area contributed by atoms with Crippen molar-refractivity contribution in [1.29, 1.82) is 0 Å². The quantitative estimate of drug-likeness (QED) is 0.932.